The highest BCUT2D eigenvalue weighted by Crippen LogP contribution is 1.95. The number of carbonyl (C=O) groups excluding carboxylic acids is 1. The third kappa shape index (κ3) is 2.21. The Morgan fingerprint density at radius 1 is 1.73 bits per heavy atom. The van der Waals surface area contributed by atoms with Crippen molar-refractivity contribution in [3.8, 4) is 0 Å². The molecule has 1 amide bonds. The van der Waals surface area contributed by atoms with Crippen molar-refractivity contribution in [1.82, 2.24) is 10.6 Å². The number of rotatable bonds is 2. The molecule has 1 rings (SSSR count). The molecule has 11 heavy (non-hydrogen) atoms. The SMILES string of the molecule is COCC1=CC(=O)NC(O)N1. The predicted molar refractivity (Wildman–Crippen MR) is 37.2 cm³/mol. The van der Waals surface area contributed by atoms with Gasteiger partial charge in [0.05, 0.1) is 6.61 Å². The minimum absolute atomic E-state index is 0.296. The van der Waals surface area contributed by atoms with Crippen molar-refractivity contribution >= 4 is 5.91 Å². The minimum atomic E-state index is -1.00. The zero-order valence-corrected chi connectivity index (χ0v) is 6.13. The van der Waals surface area contributed by atoms with Crippen molar-refractivity contribution < 1.29 is 14.6 Å². The van der Waals surface area contributed by atoms with Crippen molar-refractivity contribution in [2.24, 2.45) is 0 Å². The van der Waals surface area contributed by atoms with Crippen molar-refractivity contribution in [3.63, 3.8) is 0 Å². The van der Waals surface area contributed by atoms with Crippen LogP contribution in [-0.2, 0) is 9.53 Å². The zero-order valence-electron chi connectivity index (χ0n) is 6.13. The van der Waals surface area contributed by atoms with Crippen LogP contribution in [0.15, 0.2) is 11.8 Å². The Balaban J connectivity index is 2.57. The fourth-order valence-electron chi connectivity index (χ4n) is 0.827. The Kier molecular flexibility index (Phi) is 2.45. The molecule has 1 atom stereocenters. The molecule has 0 saturated carbocycles. The summed E-state index contributed by atoms with van der Waals surface area (Å²) in [5, 5.41) is 13.8. The standard InChI is InChI=1S/C6H10N2O3/c1-11-3-4-2-5(9)8-6(10)7-4/h2,6-7,10H,3H2,1H3,(H,8,9). The average Bonchev–Trinajstić information content (AvgIpc) is 1.85. The topological polar surface area (TPSA) is 70.6 Å². The number of hydrogen-bond acceptors (Lipinski definition) is 4. The number of amides is 1. The summed E-state index contributed by atoms with van der Waals surface area (Å²) in [6.45, 7) is 0.296. The van der Waals surface area contributed by atoms with Crippen molar-refractivity contribution in [2.45, 2.75) is 6.35 Å². The number of ether oxygens (including phenoxy) is 1. The van der Waals surface area contributed by atoms with Crippen LogP contribution in [-0.4, -0.2) is 31.1 Å². The molecule has 5 nitrogen and oxygen atoms in total. The van der Waals surface area contributed by atoms with E-state index in [0.717, 1.165) is 0 Å². The summed E-state index contributed by atoms with van der Waals surface area (Å²) in [6, 6.07) is 0. The van der Waals surface area contributed by atoms with Crippen LogP contribution in [0.5, 0.6) is 0 Å². The van der Waals surface area contributed by atoms with Gasteiger partial charge >= 0.3 is 0 Å². The number of carbonyl (C=O) groups is 1. The number of aliphatic hydroxyl groups is 1. The lowest BCUT2D eigenvalue weighted by molar-refractivity contribution is -0.120. The average molecular weight is 158 g/mol. The first kappa shape index (κ1) is 8.03. The van der Waals surface area contributed by atoms with E-state index in [1.54, 1.807) is 0 Å². The van der Waals surface area contributed by atoms with Gasteiger partial charge in [0.25, 0.3) is 0 Å². The van der Waals surface area contributed by atoms with Gasteiger partial charge in [-0.25, -0.2) is 0 Å². The highest BCUT2D eigenvalue weighted by atomic mass is 16.5. The molecule has 0 radical (unpaired) electrons. The molecule has 0 bridgehead atoms. The van der Waals surface area contributed by atoms with E-state index in [9.17, 15) is 4.79 Å². The summed E-state index contributed by atoms with van der Waals surface area (Å²) in [5.41, 5.74) is 0.573. The summed E-state index contributed by atoms with van der Waals surface area (Å²) in [6.07, 6.45) is 0.341. The first-order chi connectivity index (χ1) is 5.22. The van der Waals surface area contributed by atoms with E-state index < -0.39 is 6.35 Å². The van der Waals surface area contributed by atoms with E-state index in [-0.39, 0.29) is 5.91 Å². The molecule has 0 aromatic rings. The van der Waals surface area contributed by atoms with Gasteiger partial charge in [-0.3, -0.25) is 4.79 Å². The molecule has 0 saturated heterocycles. The molecule has 62 valence electrons. The third-order valence-corrected chi connectivity index (χ3v) is 1.21. The van der Waals surface area contributed by atoms with Crippen LogP contribution in [0.2, 0.25) is 0 Å². The molecule has 5 heteroatoms. The van der Waals surface area contributed by atoms with E-state index in [0.29, 0.717) is 12.3 Å². The summed E-state index contributed by atoms with van der Waals surface area (Å²) in [7, 11) is 1.52. The van der Waals surface area contributed by atoms with Crippen molar-refractivity contribution in [1.29, 1.82) is 0 Å². The second-order valence-corrected chi connectivity index (χ2v) is 2.16. The van der Waals surface area contributed by atoms with Gasteiger partial charge in [-0.15, -0.1) is 0 Å². The summed E-state index contributed by atoms with van der Waals surface area (Å²) >= 11 is 0. The van der Waals surface area contributed by atoms with Gasteiger partial charge in [-0.2, -0.15) is 0 Å². The normalized spacial score (nSPS) is 23.6. The lowest BCUT2D eigenvalue weighted by Gasteiger charge is -2.21. The lowest BCUT2D eigenvalue weighted by atomic mass is 10.3. The van der Waals surface area contributed by atoms with Crippen LogP contribution in [0.1, 0.15) is 0 Å². The smallest absolute Gasteiger partial charge is 0.249 e. The van der Waals surface area contributed by atoms with Gasteiger partial charge in [0.1, 0.15) is 0 Å². The fourth-order valence-corrected chi connectivity index (χ4v) is 0.827. The maximum Gasteiger partial charge on any atom is 0.249 e. The summed E-state index contributed by atoms with van der Waals surface area (Å²) in [4.78, 5) is 10.7. The molecule has 1 aliphatic heterocycles. The molecule has 0 aromatic heterocycles. The zero-order chi connectivity index (χ0) is 8.27. The Bertz CT molecular complexity index is 190. The molecular weight excluding hydrogens is 148 g/mol. The van der Waals surface area contributed by atoms with Gasteiger partial charge in [-0.1, -0.05) is 0 Å². The van der Waals surface area contributed by atoms with E-state index in [1.165, 1.54) is 13.2 Å². The van der Waals surface area contributed by atoms with Gasteiger partial charge in [0.2, 0.25) is 12.3 Å². The minimum Gasteiger partial charge on any atom is -0.378 e. The maximum atomic E-state index is 10.7. The molecule has 1 unspecified atom stereocenters. The predicted octanol–water partition coefficient (Wildman–Crippen LogP) is -1.49. The third-order valence-electron chi connectivity index (χ3n) is 1.21. The molecule has 1 heterocycles. The number of nitrogens with one attached hydrogen (secondary N) is 2. The number of methoxy groups -OCH3 is 1. The Morgan fingerprint density at radius 2 is 2.45 bits per heavy atom. The monoisotopic (exact) mass is 158 g/mol. The van der Waals surface area contributed by atoms with E-state index in [2.05, 4.69) is 10.6 Å². The number of aliphatic hydroxyl groups excluding tert-OH is 1. The second kappa shape index (κ2) is 3.36. The van der Waals surface area contributed by atoms with Gasteiger partial charge in [0, 0.05) is 18.9 Å². The molecule has 0 aliphatic carbocycles. The second-order valence-electron chi connectivity index (χ2n) is 2.16. The molecule has 3 N–H and O–H groups in total. The van der Waals surface area contributed by atoms with Crippen LogP contribution >= 0.6 is 0 Å². The van der Waals surface area contributed by atoms with Gasteiger partial charge < -0.3 is 20.5 Å². The van der Waals surface area contributed by atoms with Crippen molar-refractivity contribution in [3.05, 3.63) is 11.8 Å². The highest BCUT2D eigenvalue weighted by Gasteiger charge is 2.14. The van der Waals surface area contributed by atoms with E-state index >= 15 is 0 Å². The van der Waals surface area contributed by atoms with Gasteiger partial charge in [-0.05, 0) is 0 Å². The first-order valence-corrected chi connectivity index (χ1v) is 3.17. The Labute approximate surface area is 64.0 Å². The van der Waals surface area contributed by atoms with Crippen LogP contribution in [0.4, 0.5) is 0 Å². The first-order valence-electron chi connectivity index (χ1n) is 3.17. The van der Waals surface area contributed by atoms with Crippen LogP contribution < -0.4 is 10.6 Å². The van der Waals surface area contributed by atoms with Crippen molar-refractivity contribution in [2.75, 3.05) is 13.7 Å². The Hall–Kier alpha value is -1.07. The molecular formula is C6H10N2O3. The van der Waals surface area contributed by atoms with Crippen LogP contribution in [0.3, 0.4) is 0 Å². The lowest BCUT2D eigenvalue weighted by Crippen LogP contribution is -2.48. The van der Waals surface area contributed by atoms with Gasteiger partial charge in [0.15, 0.2) is 0 Å². The molecule has 0 spiro atoms. The number of hydrogen-bond donors (Lipinski definition) is 3. The van der Waals surface area contributed by atoms with Crippen LogP contribution in [0, 0.1) is 0 Å². The molecule has 1 aliphatic rings. The van der Waals surface area contributed by atoms with Crippen LogP contribution in [0.25, 0.3) is 0 Å². The van der Waals surface area contributed by atoms with E-state index in [1.807, 2.05) is 0 Å². The molecule has 0 aromatic carbocycles. The largest absolute Gasteiger partial charge is 0.378 e. The van der Waals surface area contributed by atoms with E-state index in [4.69, 9.17) is 9.84 Å². The maximum absolute atomic E-state index is 10.7. The Morgan fingerprint density at radius 3 is 3.00 bits per heavy atom. The summed E-state index contributed by atoms with van der Waals surface area (Å²) in [5.74, 6) is -0.316. The highest BCUT2D eigenvalue weighted by molar-refractivity contribution is 5.89. The molecule has 0 fully saturated rings. The summed E-state index contributed by atoms with van der Waals surface area (Å²) < 4.78 is 4.76. The fraction of sp³-hybridized carbons (Fsp3) is 0.500. The quantitative estimate of drug-likeness (QED) is 0.458.